The Balaban J connectivity index is 1.51. The van der Waals surface area contributed by atoms with Gasteiger partial charge in [-0.2, -0.15) is 0 Å². The molecule has 2 aromatic carbocycles. The highest BCUT2D eigenvalue weighted by molar-refractivity contribution is 5.83. The van der Waals surface area contributed by atoms with Gasteiger partial charge in [-0.25, -0.2) is 14.3 Å². The van der Waals surface area contributed by atoms with E-state index in [1.807, 2.05) is 30.3 Å². The standard InChI is InChI=1S/C28H29N5O3/c1-30-27(34)36-23-16-22(35-17-18-8-9-18)26-31-24(25(33(26)32-23)20-6-3-2-4-7-20)19-10-12-21(13-11-19)28(29)14-5-15-28/h2-4,6-7,10-13,16,18H,5,8-9,14-15,17,29H2,1H3,(H,30,34). The highest BCUT2D eigenvalue weighted by Gasteiger charge is 2.34. The van der Waals surface area contributed by atoms with Gasteiger partial charge in [-0.3, -0.25) is 0 Å². The predicted octanol–water partition coefficient (Wildman–Crippen LogP) is 4.91. The third kappa shape index (κ3) is 4.18. The third-order valence-electron chi connectivity index (χ3n) is 7.13. The Bertz CT molecular complexity index is 1410. The maximum atomic E-state index is 12.0. The van der Waals surface area contributed by atoms with Gasteiger partial charge in [0.2, 0.25) is 5.88 Å². The van der Waals surface area contributed by atoms with Gasteiger partial charge in [0.1, 0.15) is 5.69 Å². The van der Waals surface area contributed by atoms with Crippen LogP contribution >= 0.6 is 0 Å². The predicted molar refractivity (Wildman–Crippen MR) is 137 cm³/mol. The zero-order valence-corrected chi connectivity index (χ0v) is 20.2. The lowest BCUT2D eigenvalue weighted by molar-refractivity contribution is 0.200. The van der Waals surface area contributed by atoms with Crippen molar-refractivity contribution in [2.24, 2.45) is 11.7 Å². The molecule has 8 heteroatoms. The second kappa shape index (κ2) is 8.95. The van der Waals surface area contributed by atoms with Crippen LogP contribution in [0, 0.1) is 5.92 Å². The molecule has 2 aliphatic carbocycles. The van der Waals surface area contributed by atoms with Crippen LogP contribution in [0.2, 0.25) is 0 Å². The molecule has 2 fully saturated rings. The molecule has 0 aliphatic heterocycles. The number of carbonyl (C=O) groups excluding carboxylic acids is 1. The van der Waals surface area contributed by atoms with Crippen molar-refractivity contribution < 1.29 is 14.3 Å². The highest BCUT2D eigenvalue weighted by Crippen LogP contribution is 2.41. The SMILES string of the molecule is CNC(=O)Oc1cc(OCC2CC2)c2nc(-c3ccc(C4(N)CCC4)cc3)c(-c3ccccc3)n2n1. The molecule has 6 rings (SSSR count). The number of aromatic nitrogens is 3. The average Bonchev–Trinajstić information content (AvgIpc) is 3.64. The second-order valence-corrected chi connectivity index (χ2v) is 9.74. The molecule has 0 unspecified atom stereocenters. The number of benzene rings is 2. The molecule has 0 bridgehead atoms. The Morgan fingerprint density at radius 1 is 1.11 bits per heavy atom. The van der Waals surface area contributed by atoms with Gasteiger partial charge in [-0.15, -0.1) is 5.10 Å². The molecule has 0 radical (unpaired) electrons. The van der Waals surface area contributed by atoms with Crippen molar-refractivity contribution in [3.05, 3.63) is 66.2 Å². The van der Waals surface area contributed by atoms with Crippen molar-refractivity contribution in [3.63, 3.8) is 0 Å². The quantitative estimate of drug-likeness (QED) is 0.387. The Kier molecular flexibility index (Phi) is 5.60. The molecule has 8 nitrogen and oxygen atoms in total. The first-order chi connectivity index (χ1) is 17.5. The van der Waals surface area contributed by atoms with Gasteiger partial charge < -0.3 is 20.5 Å². The van der Waals surface area contributed by atoms with E-state index in [1.54, 1.807) is 10.6 Å². The summed E-state index contributed by atoms with van der Waals surface area (Å²) in [6.45, 7) is 0.592. The molecule has 3 N–H and O–H groups in total. The molecule has 0 saturated heterocycles. The van der Waals surface area contributed by atoms with Gasteiger partial charge in [-0.05, 0) is 43.6 Å². The van der Waals surface area contributed by atoms with E-state index in [-0.39, 0.29) is 11.4 Å². The summed E-state index contributed by atoms with van der Waals surface area (Å²) in [6, 6.07) is 19.9. The number of hydrogen-bond acceptors (Lipinski definition) is 6. The summed E-state index contributed by atoms with van der Waals surface area (Å²) in [5.41, 5.74) is 11.5. The van der Waals surface area contributed by atoms with E-state index in [1.165, 1.54) is 13.5 Å². The van der Waals surface area contributed by atoms with Crippen LogP contribution in [-0.2, 0) is 5.54 Å². The number of rotatable bonds is 7. The fourth-order valence-electron chi connectivity index (χ4n) is 4.63. The average molecular weight is 484 g/mol. The van der Waals surface area contributed by atoms with Gasteiger partial charge in [0.15, 0.2) is 11.4 Å². The molecule has 2 saturated carbocycles. The van der Waals surface area contributed by atoms with Crippen molar-refractivity contribution in [3.8, 4) is 34.1 Å². The highest BCUT2D eigenvalue weighted by atomic mass is 16.6. The molecular weight excluding hydrogens is 454 g/mol. The summed E-state index contributed by atoms with van der Waals surface area (Å²) >= 11 is 0. The normalized spacial score (nSPS) is 16.4. The summed E-state index contributed by atoms with van der Waals surface area (Å²) in [6.07, 6.45) is 4.91. The molecule has 0 atom stereocenters. The van der Waals surface area contributed by atoms with Crippen LogP contribution in [0.25, 0.3) is 28.2 Å². The van der Waals surface area contributed by atoms with E-state index in [4.69, 9.17) is 20.2 Å². The lowest BCUT2D eigenvalue weighted by Crippen LogP contribution is -2.43. The topological polar surface area (TPSA) is 104 Å². The van der Waals surface area contributed by atoms with Crippen molar-refractivity contribution in [2.75, 3.05) is 13.7 Å². The first kappa shape index (κ1) is 22.5. The zero-order valence-electron chi connectivity index (χ0n) is 20.2. The van der Waals surface area contributed by atoms with Gasteiger partial charge in [0.05, 0.1) is 12.3 Å². The van der Waals surface area contributed by atoms with Crippen LogP contribution in [0.1, 0.15) is 37.7 Å². The number of imidazole rings is 1. The summed E-state index contributed by atoms with van der Waals surface area (Å²) in [5, 5.41) is 7.11. The van der Waals surface area contributed by atoms with E-state index in [0.29, 0.717) is 23.9 Å². The number of hydrogen-bond donors (Lipinski definition) is 2. The summed E-state index contributed by atoms with van der Waals surface area (Å²) in [4.78, 5) is 17.0. The monoisotopic (exact) mass is 483 g/mol. The summed E-state index contributed by atoms with van der Waals surface area (Å²) in [7, 11) is 1.51. The van der Waals surface area contributed by atoms with Crippen LogP contribution in [0.3, 0.4) is 0 Å². The lowest BCUT2D eigenvalue weighted by atomic mass is 9.72. The Labute approximate surface area is 209 Å². The van der Waals surface area contributed by atoms with E-state index >= 15 is 0 Å². The van der Waals surface area contributed by atoms with E-state index in [2.05, 4.69) is 34.7 Å². The third-order valence-corrected chi connectivity index (χ3v) is 7.13. The van der Waals surface area contributed by atoms with E-state index < -0.39 is 6.09 Å². The maximum Gasteiger partial charge on any atom is 0.413 e. The molecule has 184 valence electrons. The first-order valence-electron chi connectivity index (χ1n) is 12.5. The number of nitrogens with zero attached hydrogens (tertiary/aromatic N) is 3. The summed E-state index contributed by atoms with van der Waals surface area (Å²) in [5.74, 6) is 1.22. The fourth-order valence-corrected chi connectivity index (χ4v) is 4.63. The van der Waals surface area contributed by atoms with Crippen LogP contribution in [-0.4, -0.2) is 34.3 Å². The van der Waals surface area contributed by atoms with Crippen molar-refractivity contribution in [1.82, 2.24) is 19.9 Å². The number of nitrogens with one attached hydrogen (secondary N) is 1. The Morgan fingerprint density at radius 3 is 2.50 bits per heavy atom. The second-order valence-electron chi connectivity index (χ2n) is 9.74. The van der Waals surface area contributed by atoms with Crippen molar-refractivity contribution >= 4 is 11.7 Å². The first-order valence-corrected chi connectivity index (χ1v) is 12.5. The van der Waals surface area contributed by atoms with Crippen LogP contribution < -0.4 is 20.5 Å². The minimum Gasteiger partial charge on any atom is -0.489 e. The molecular formula is C28H29N5O3. The number of fused-ring (bicyclic) bond motifs is 1. The van der Waals surface area contributed by atoms with Crippen molar-refractivity contribution in [2.45, 2.75) is 37.6 Å². The van der Waals surface area contributed by atoms with Gasteiger partial charge in [-0.1, -0.05) is 54.6 Å². The molecule has 4 aromatic rings. The van der Waals surface area contributed by atoms with Gasteiger partial charge in [0.25, 0.3) is 0 Å². The van der Waals surface area contributed by atoms with E-state index in [0.717, 1.165) is 53.8 Å². The van der Waals surface area contributed by atoms with E-state index in [9.17, 15) is 4.79 Å². The molecule has 1 amide bonds. The van der Waals surface area contributed by atoms with Crippen LogP contribution in [0.15, 0.2) is 60.7 Å². The number of nitrogens with two attached hydrogens (primary N) is 1. The summed E-state index contributed by atoms with van der Waals surface area (Å²) < 4.78 is 13.3. The number of amides is 1. The molecule has 0 spiro atoms. The molecule has 2 aliphatic rings. The van der Waals surface area contributed by atoms with Crippen LogP contribution in [0.5, 0.6) is 11.6 Å². The lowest BCUT2D eigenvalue weighted by Gasteiger charge is -2.38. The van der Waals surface area contributed by atoms with Gasteiger partial charge >= 0.3 is 6.09 Å². The van der Waals surface area contributed by atoms with Crippen molar-refractivity contribution in [1.29, 1.82) is 0 Å². The number of ether oxygens (including phenoxy) is 2. The Morgan fingerprint density at radius 2 is 1.86 bits per heavy atom. The van der Waals surface area contributed by atoms with Gasteiger partial charge in [0, 0.05) is 29.8 Å². The molecule has 2 aromatic heterocycles. The number of carbonyl (C=O) groups is 1. The maximum absolute atomic E-state index is 12.0. The minimum atomic E-state index is -0.598. The fraction of sp³-hybridized carbons (Fsp3) is 0.321. The smallest absolute Gasteiger partial charge is 0.413 e. The van der Waals surface area contributed by atoms with Crippen LogP contribution in [0.4, 0.5) is 4.79 Å². The molecule has 36 heavy (non-hydrogen) atoms. The largest absolute Gasteiger partial charge is 0.489 e. The Hall–Kier alpha value is -3.91. The zero-order chi connectivity index (χ0) is 24.7. The minimum absolute atomic E-state index is 0.138. The molecule has 2 heterocycles.